The van der Waals surface area contributed by atoms with Crippen molar-refractivity contribution in [2.75, 3.05) is 0 Å². The van der Waals surface area contributed by atoms with Gasteiger partial charge in [0.2, 0.25) is 0 Å². The van der Waals surface area contributed by atoms with E-state index in [1.165, 1.54) is 33.1 Å². The smallest absolute Gasteiger partial charge is 0.0541 e. The zero-order chi connectivity index (χ0) is 16.6. The predicted octanol–water partition coefficient (Wildman–Crippen LogP) is 5.85. The van der Waals surface area contributed by atoms with Crippen molar-refractivity contribution in [3.05, 3.63) is 97.3 Å². The van der Waals surface area contributed by atoms with Gasteiger partial charge in [-0.1, -0.05) is 54.6 Å². The predicted molar refractivity (Wildman–Crippen MR) is 104 cm³/mol. The van der Waals surface area contributed by atoms with Crippen molar-refractivity contribution < 1.29 is 0 Å². The molecule has 0 aliphatic rings. The molecule has 0 N–H and O–H groups in total. The van der Waals surface area contributed by atoms with E-state index in [-0.39, 0.29) is 0 Å². The number of aromatic nitrogens is 2. The van der Waals surface area contributed by atoms with Crippen LogP contribution in [0.4, 0.5) is 0 Å². The Hall–Kier alpha value is -3.39. The first kappa shape index (κ1) is 14.0. The van der Waals surface area contributed by atoms with Gasteiger partial charge >= 0.3 is 0 Å². The largest absolute Gasteiger partial charge is 0.309 e. The Morgan fingerprint density at radius 3 is 1.80 bits per heavy atom. The molecule has 0 bridgehead atoms. The fourth-order valence-corrected chi connectivity index (χ4v) is 3.54. The highest BCUT2D eigenvalue weighted by Gasteiger charge is 2.11. The van der Waals surface area contributed by atoms with E-state index in [4.69, 9.17) is 0 Å². The number of nitrogens with zero attached hydrogens (tertiary/aromatic N) is 2. The lowest BCUT2D eigenvalue weighted by molar-refractivity contribution is 1.18. The Bertz CT molecular complexity index is 1120. The normalized spacial score (nSPS) is 11.2. The first-order valence-electron chi connectivity index (χ1n) is 8.41. The maximum Gasteiger partial charge on any atom is 0.0541 e. The minimum Gasteiger partial charge on any atom is -0.309 e. The van der Waals surface area contributed by atoms with Gasteiger partial charge in [0.05, 0.1) is 11.0 Å². The number of hydrogen-bond donors (Lipinski definition) is 0. The Morgan fingerprint density at radius 2 is 1.20 bits per heavy atom. The van der Waals surface area contributed by atoms with Gasteiger partial charge < -0.3 is 4.57 Å². The van der Waals surface area contributed by atoms with E-state index < -0.39 is 0 Å². The van der Waals surface area contributed by atoms with Crippen LogP contribution < -0.4 is 0 Å². The number of rotatable bonds is 2. The average Bonchev–Trinajstić information content (AvgIpc) is 3.03. The van der Waals surface area contributed by atoms with Crippen LogP contribution in [-0.4, -0.2) is 9.55 Å². The maximum atomic E-state index is 4.21. The molecule has 0 radical (unpaired) electrons. The van der Waals surface area contributed by atoms with E-state index in [1.54, 1.807) is 6.20 Å². The topological polar surface area (TPSA) is 17.8 Å². The summed E-state index contributed by atoms with van der Waals surface area (Å²) in [7, 11) is 0. The van der Waals surface area contributed by atoms with Gasteiger partial charge in [-0.25, -0.2) is 0 Å². The summed E-state index contributed by atoms with van der Waals surface area (Å²) in [6.07, 6.45) is 3.70. The zero-order valence-electron chi connectivity index (χ0n) is 13.6. The lowest BCUT2D eigenvalue weighted by Gasteiger charge is -2.09. The van der Waals surface area contributed by atoms with E-state index in [2.05, 4.69) is 88.4 Å². The van der Waals surface area contributed by atoms with Crippen LogP contribution in [0.15, 0.2) is 97.3 Å². The van der Waals surface area contributed by atoms with E-state index in [1.807, 2.05) is 12.3 Å². The second-order valence-corrected chi connectivity index (χ2v) is 6.16. The molecule has 2 heterocycles. The third-order valence-electron chi connectivity index (χ3n) is 4.70. The molecule has 0 aliphatic heterocycles. The molecular formula is C23H16N2. The van der Waals surface area contributed by atoms with Gasteiger partial charge in [0, 0.05) is 28.9 Å². The van der Waals surface area contributed by atoms with Crippen LogP contribution in [0.3, 0.4) is 0 Å². The van der Waals surface area contributed by atoms with Crippen LogP contribution in [0.25, 0.3) is 38.6 Å². The van der Waals surface area contributed by atoms with Gasteiger partial charge in [-0.15, -0.1) is 0 Å². The van der Waals surface area contributed by atoms with Crippen molar-refractivity contribution in [1.82, 2.24) is 9.55 Å². The molecule has 5 rings (SSSR count). The third-order valence-corrected chi connectivity index (χ3v) is 4.70. The molecule has 0 saturated carbocycles. The van der Waals surface area contributed by atoms with Crippen molar-refractivity contribution in [1.29, 1.82) is 0 Å². The molecule has 0 aliphatic carbocycles. The maximum absolute atomic E-state index is 4.21. The average molecular weight is 320 g/mol. The Labute approximate surface area is 146 Å². The van der Waals surface area contributed by atoms with Gasteiger partial charge in [0.25, 0.3) is 0 Å². The second kappa shape index (κ2) is 5.60. The van der Waals surface area contributed by atoms with E-state index in [0.717, 1.165) is 5.56 Å². The quantitative estimate of drug-likeness (QED) is 0.399. The van der Waals surface area contributed by atoms with Crippen LogP contribution in [0.5, 0.6) is 0 Å². The Balaban J connectivity index is 1.73. The molecule has 0 amide bonds. The van der Waals surface area contributed by atoms with Gasteiger partial charge in [0.1, 0.15) is 0 Å². The van der Waals surface area contributed by atoms with Crippen molar-refractivity contribution in [2.45, 2.75) is 0 Å². The first-order chi connectivity index (χ1) is 12.4. The van der Waals surface area contributed by atoms with Crippen LogP contribution in [0.1, 0.15) is 0 Å². The molecule has 0 fully saturated rings. The number of para-hydroxylation sites is 2. The highest BCUT2D eigenvalue weighted by Crippen LogP contribution is 2.32. The molecular weight excluding hydrogens is 304 g/mol. The van der Waals surface area contributed by atoms with Crippen molar-refractivity contribution in [3.63, 3.8) is 0 Å². The minimum atomic E-state index is 1.14. The molecule has 2 aromatic heterocycles. The second-order valence-electron chi connectivity index (χ2n) is 6.16. The summed E-state index contributed by atoms with van der Waals surface area (Å²) in [6.45, 7) is 0. The Morgan fingerprint density at radius 1 is 0.560 bits per heavy atom. The summed E-state index contributed by atoms with van der Waals surface area (Å²) in [6, 6.07) is 29.9. The number of fused-ring (bicyclic) bond motifs is 3. The van der Waals surface area contributed by atoms with Crippen LogP contribution in [0.2, 0.25) is 0 Å². The summed E-state index contributed by atoms with van der Waals surface area (Å²) in [5, 5.41) is 2.57. The van der Waals surface area contributed by atoms with E-state index in [9.17, 15) is 0 Å². The first-order valence-corrected chi connectivity index (χ1v) is 8.41. The van der Waals surface area contributed by atoms with Gasteiger partial charge in [-0.2, -0.15) is 0 Å². The van der Waals surface area contributed by atoms with Crippen LogP contribution in [0, 0.1) is 0 Å². The summed E-state index contributed by atoms with van der Waals surface area (Å²) < 4.78 is 2.33. The molecule has 2 nitrogen and oxygen atoms in total. The standard InChI is InChI=1S/C23H16N2/c1-3-9-22-20(7-1)21-8-2-4-10-23(21)25(22)19-13-11-17(12-14-19)18-6-5-15-24-16-18/h1-16H. The van der Waals surface area contributed by atoms with E-state index >= 15 is 0 Å². The number of pyridine rings is 1. The zero-order valence-corrected chi connectivity index (χ0v) is 13.6. The van der Waals surface area contributed by atoms with Crippen LogP contribution in [-0.2, 0) is 0 Å². The SMILES string of the molecule is c1cncc(-c2ccc(-n3c4ccccc4c4ccccc43)cc2)c1. The van der Waals surface area contributed by atoms with E-state index in [0.29, 0.717) is 0 Å². The molecule has 5 aromatic rings. The fraction of sp³-hybridized carbons (Fsp3) is 0. The fourth-order valence-electron chi connectivity index (χ4n) is 3.54. The van der Waals surface area contributed by atoms with Crippen molar-refractivity contribution in [3.8, 4) is 16.8 Å². The lowest BCUT2D eigenvalue weighted by Crippen LogP contribution is -1.93. The molecule has 118 valence electrons. The monoisotopic (exact) mass is 320 g/mol. The lowest BCUT2D eigenvalue weighted by atomic mass is 10.1. The Kier molecular flexibility index (Phi) is 3.14. The molecule has 0 spiro atoms. The molecule has 0 atom stereocenters. The van der Waals surface area contributed by atoms with Crippen molar-refractivity contribution in [2.24, 2.45) is 0 Å². The number of benzene rings is 3. The molecule has 3 aromatic carbocycles. The molecule has 25 heavy (non-hydrogen) atoms. The number of hydrogen-bond acceptors (Lipinski definition) is 1. The highest BCUT2D eigenvalue weighted by atomic mass is 15.0. The summed E-state index contributed by atoms with van der Waals surface area (Å²) >= 11 is 0. The third kappa shape index (κ3) is 2.23. The molecule has 0 saturated heterocycles. The van der Waals surface area contributed by atoms with Crippen molar-refractivity contribution >= 4 is 21.8 Å². The summed E-state index contributed by atoms with van der Waals surface area (Å²) in [4.78, 5) is 4.21. The molecule has 0 unspecified atom stereocenters. The highest BCUT2D eigenvalue weighted by molar-refractivity contribution is 6.09. The molecule has 2 heteroatoms. The van der Waals surface area contributed by atoms with Gasteiger partial charge in [0.15, 0.2) is 0 Å². The van der Waals surface area contributed by atoms with Gasteiger partial charge in [-0.3, -0.25) is 4.98 Å². The summed E-state index contributed by atoms with van der Waals surface area (Å²) in [5.41, 5.74) is 5.95. The minimum absolute atomic E-state index is 1.14. The van der Waals surface area contributed by atoms with Gasteiger partial charge in [-0.05, 0) is 41.5 Å². The van der Waals surface area contributed by atoms with Crippen LogP contribution >= 0.6 is 0 Å². The summed E-state index contributed by atoms with van der Waals surface area (Å²) in [5.74, 6) is 0.